The summed E-state index contributed by atoms with van der Waals surface area (Å²) in [5.74, 6) is -2.68. The molecular weight excluding hydrogens is 328 g/mol. The third-order valence-corrected chi connectivity index (χ3v) is 3.55. The van der Waals surface area contributed by atoms with Gasteiger partial charge >= 0.3 is 0 Å². The quantitative estimate of drug-likeness (QED) is 0.704. The van der Waals surface area contributed by atoms with Crippen LogP contribution in [0, 0.1) is 18.6 Å². The highest BCUT2D eigenvalue weighted by Crippen LogP contribution is 2.19. The minimum Gasteiger partial charge on any atom is -0.267 e. The molecule has 25 heavy (non-hydrogen) atoms. The smallest absolute Gasteiger partial charge is 0.267 e. The highest BCUT2D eigenvalue weighted by molar-refractivity contribution is 6.07. The Morgan fingerprint density at radius 2 is 1.60 bits per heavy atom. The number of halogens is 2. The van der Waals surface area contributed by atoms with Gasteiger partial charge in [0.05, 0.1) is 16.6 Å². The van der Waals surface area contributed by atoms with Gasteiger partial charge in [-0.05, 0) is 43.3 Å². The lowest BCUT2D eigenvalue weighted by Gasteiger charge is -2.10. The molecule has 0 unspecified atom stereocenters. The van der Waals surface area contributed by atoms with E-state index in [9.17, 15) is 18.4 Å². The first-order valence-corrected chi connectivity index (χ1v) is 7.38. The molecule has 0 spiro atoms. The number of benzene rings is 2. The van der Waals surface area contributed by atoms with Crippen LogP contribution < -0.4 is 10.9 Å². The number of fused-ring (bicyclic) bond motifs is 1. The average molecular weight is 341 g/mol. The van der Waals surface area contributed by atoms with Crippen LogP contribution in [0.25, 0.3) is 10.9 Å². The Morgan fingerprint density at radius 1 is 0.920 bits per heavy atom. The number of aryl methyl sites for hydroxylation is 1. The minimum absolute atomic E-state index is 0.149. The van der Waals surface area contributed by atoms with Crippen molar-refractivity contribution < 1.29 is 18.4 Å². The number of hydrazine groups is 1. The molecule has 0 aliphatic rings. The van der Waals surface area contributed by atoms with E-state index in [4.69, 9.17) is 0 Å². The molecule has 126 valence electrons. The van der Waals surface area contributed by atoms with Crippen LogP contribution >= 0.6 is 0 Å². The second kappa shape index (κ2) is 6.64. The molecule has 1 aromatic heterocycles. The number of hydrogen-bond donors (Lipinski definition) is 2. The third kappa shape index (κ3) is 3.45. The molecule has 2 aromatic carbocycles. The van der Waals surface area contributed by atoms with E-state index in [-0.39, 0.29) is 11.1 Å². The number of nitrogens with zero attached hydrogens (tertiary/aromatic N) is 1. The molecule has 0 aliphatic carbocycles. The van der Waals surface area contributed by atoms with Crippen molar-refractivity contribution in [3.05, 3.63) is 77.0 Å². The summed E-state index contributed by atoms with van der Waals surface area (Å²) in [5, 5.41) is 0.309. The first-order chi connectivity index (χ1) is 12.0. The zero-order valence-electron chi connectivity index (χ0n) is 13.1. The van der Waals surface area contributed by atoms with Crippen LogP contribution in [0.15, 0.2) is 48.5 Å². The summed E-state index contributed by atoms with van der Waals surface area (Å²) < 4.78 is 27.1. The Kier molecular flexibility index (Phi) is 4.38. The van der Waals surface area contributed by atoms with Gasteiger partial charge in [-0.3, -0.25) is 25.4 Å². The SMILES string of the molecule is Cc1cc(C(=O)NNC(=O)c2ccccc2F)c2cc(F)ccc2n1. The van der Waals surface area contributed by atoms with Gasteiger partial charge in [-0.1, -0.05) is 12.1 Å². The van der Waals surface area contributed by atoms with E-state index in [1.807, 2.05) is 0 Å². The minimum atomic E-state index is -0.798. The largest absolute Gasteiger partial charge is 0.272 e. The molecule has 3 aromatic rings. The molecule has 0 radical (unpaired) electrons. The number of rotatable bonds is 2. The van der Waals surface area contributed by atoms with Crippen molar-refractivity contribution in [2.45, 2.75) is 6.92 Å². The number of hydrogen-bond acceptors (Lipinski definition) is 3. The number of carbonyl (C=O) groups excluding carboxylic acids is 2. The number of amides is 2. The second-order valence-corrected chi connectivity index (χ2v) is 5.36. The van der Waals surface area contributed by atoms with Crippen LogP contribution in [0.3, 0.4) is 0 Å². The van der Waals surface area contributed by atoms with Crippen molar-refractivity contribution >= 4 is 22.7 Å². The lowest BCUT2D eigenvalue weighted by Crippen LogP contribution is -2.42. The highest BCUT2D eigenvalue weighted by atomic mass is 19.1. The van der Waals surface area contributed by atoms with E-state index in [0.717, 1.165) is 6.07 Å². The highest BCUT2D eigenvalue weighted by Gasteiger charge is 2.15. The molecule has 0 saturated heterocycles. The number of carbonyl (C=O) groups is 2. The molecule has 0 bridgehead atoms. The van der Waals surface area contributed by atoms with Crippen molar-refractivity contribution in [2.75, 3.05) is 0 Å². The summed E-state index contributed by atoms with van der Waals surface area (Å²) in [7, 11) is 0. The molecule has 3 rings (SSSR count). The van der Waals surface area contributed by atoms with Gasteiger partial charge < -0.3 is 0 Å². The van der Waals surface area contributed by atoms with E-state index in [1.54, 1.807) is 6.92 Å². The Hall–Kier alpha value is -3.35. The molecular formula is C18H13F2N3O2. The summed E-state index contributed by atoms with van der Waals surface area (Å²) >= 11 is 0. The van der Waals surface area contributed by atoms with E-state index in [1.165, 1.54) is 42.5 Å². The van der Waals surface area contributed by atoms with Gasteiger partial charge in [-0.25, -0.2) is 8.78 Å². The predicted octanol–water partition coefficient (Wildman–Crippen LogP) is 2.90. The maximum Gasteiger partial charge on any atom is 0.272 e. The van der Waals surface area contributed by atoms with Crippen molar-refractivity contribution in [1.29, 1.82) is 0 Å². The predicted molar refractivity (Wildman–Crippen MR) is 87.8 cm³/mol. The van der Waals surface area contributed by atoms with Crippen LogP contribution in [0.4, 0.5) is 8.78 Å². The van der Waals surface area contributed by atoms with Gasteiger partial charge in [0, 0.05) is 11.1 Å². The van der Waals surface area contributed by atoms with Crippen LogP contribution in [-0.2, 0) is 0 Å². The topological polar surface area (TPSA) is 71.1 Å². The Morgan fingerprint density at radius 3 is 2.32 bits per heavy atom. The van der Waals surface area contributed by atoms with Crippen molar-refractivity contribution in [3.8, 4) is 0 Å². The molecule has 5 nitrogen and oxygen atoms in total. The van der Waals surface area contributed by atoms with Gasteiger partial charge in [0.2, 0.25) is 0 Å². The number of aromatic nitrogens is 1. The van der Waals surface area contributed by atoms with Crippen molar-refractivity contribution in [2.24, 2.45) is 0 Å². The third-order valence-electron chi connectivity index (χ3n) is 3.55. The van der Waals surface area contributed by atoms with Crippen LogP contribution in [0.5, 0.6) is 0 Å². The van der Waals surface area contributed by atoms with Gasteiger partial charge in [0.15, 0.2) is 0 Å². The number of nitrogens with one attached hydrogen (secondary N) is 2. The monoisotopic (exact) mass is 341 g/mol. The molecule has 2 amide bonds. The molecule has 0 atom stereocenters. The molecule has 2 N–H and O–H groups in total. The summed E-state index contributed by atoms with van der Waals surface area (Å²) in [6.07, 6.45) is 0. The van der Waals surface area contributed by atoms with Crippen molar-refractivity contribution in [3.63, 3.8) is 0 Å². The Balaban J connectivity index is 1.84. The Labute approximate surface area is 141 Å². The van der Waals surface area contributed by atoms with Gasteiger partial charge in [0.1, 0.15) is 11.6 Å². The van der Waals surface area contributed by atoms with E-state index in [2.05, 4.69) is 15.8 Å². The van der Waals surface area contributed by atoms with E-state index >= 15 is 0 Å². The standard InChI is InChI=1S/C18H13F2N3O2/c1-10-8-14(13-9-11(19)6-7-16(13)21-10)18(25)23-22-17(24)12-4-2-3-5-15(12)20/h2-9H,1H3,(H,22,24)(H,23,25). The lowest BCUT2D eigenvalue weighted by molar-refractivity contribution is 0.0845. The molecule has 7 heteroatoms. The summed E-state index contributed by atoms with van der Waals surface area (Å²) in [6.45, 7) is 1.69. The Bertz CT molecular complexity index is 989. The zero-order valence-corrected chi connectivity index (χ0v) is 13.1. The summed E-state index contributed by atoms with van der Waals surface area (Å²) in [5.41, 5.74) is 5.31. The molecule has 0 aliphatic heterocycles. The van der Waals surface area contributed by atoms with Gasteiger partial charge in [-0.15, -0.1) is 0 Å². The van der Waals surface area contributed by atoms with E-state index in [0.29, 0.717) is 16.6 Å². The lowest BCUT2D eigenvalue weighted by atomic mass is 10.1. The van der Waals surface area contributed by atoms with Gasteiger partial charge in [0.25, 0.3) is 11.8 Å². The van der Waals surface area contributed by atoms with Crippen LogP contribution in [-0.4, -0.2) is 16.8 Å². The summed E-state index contributed by atoms with van der Waals surface area (Å²) in [6, 6.07) is 10.8. The fourth-order valence-electron chi connectivity index (χ4n) is 2.41. The molecule has 1 heterocycles. The van der Waals surface area contributed by atoms with Gasteiger partial charge in [-0.2, -0.15) is 0 Å². The molecule has 0 saturated carbocycles. The second-order valence-electron chi connectivity index (χ2n) is 5.36. The maximum atomic E-state index is 13.6. The van der Waals surface area contributed by atoms with Crippen LogP contribution in [0.1, 0.15) is 26.4 Å². The first kappa shape index (κ1) is 16.5. The number of pyridine rings is 1. The van der Waals surface area contributed by atoms with Crippen LogP contribution in [0.2, 0.25) is 0 Å². The molecule has 0 fully saturated rings. The average Bonchev–Trinajstić information content (AvgIpc) is 2.59. The van der Waals surface area contributed by atoms with E-state index < -0.39 is 23.4 Å². The zero-order chi connectivity index (χ0) is 18.0. The van der Waals surface area contributed by atoms with Crippen molar-refractivity contribution in [1.82, 2.24) is 15.8 Å². The maximum absolute atomic E-state index is 13.6. The fraction of sp³-hybridized carbons (Fsp3) is 0.0556. The first-order valence-electron chi connectivity index (χ1n) is 7.38. The normalized spacial score (nSPS) is 10.5. The summed E-state index contributed by atoms with van der Waals surface area (Å²) in [4.78, 5) is 28.6. The fourth-order valence-corrected chi connectivity index (χ4v) is 2.41.